The third kappa shape index (κ3) is 2.89. The van der Waals surface area contributed by atoms with Gasteiger partial charge in [-0.05, 0) is 36.1 Å². The second-order valence-electron chi connectivity index (χ2n) is 4.98. The maximum absolute atomic E-state index is 9.11. The highest BCUT2D eigenvalue weighted by Crippen LogP contribution is 2.40. The summed E-state index contributed by atoms with van der Waals surface area (Å²) in [7, 11) is 0. The van der Waals surface area contributed by atoms with Crippen molar-refractivity contribution >= 4 is 0 Å². The second kappa shape index (κ2) is 4.67. The van der Waals surface area contributed by atoms with Crippen molar-refractivity contribution in [2.45, 2.75) is 45.6 Å². The van der Waals surface area contributed by atoms with E-state index < -0.39 is 0 Å². The van der Waals surface area contributed by atoms with E-state index >= 15 is 0 Å². The molecule has 1 fully saturated rings. The highest BCUT2D eigenvalue weighted by molar-refractivity contribution is 4.86. The zero-order chi connectivity index (χ0) is 10.6. The van der Waals surface area contributed by atoms with Crippen molar-refractivity contribution in [3.63, 3.8) is 0 Å². The summed E-state index contributed by atoms with van der Waals surface area (Å²) < 4.78 is 0. The number of hydrogen-bond donors (Lipinski definition) is 1. The van der Waals surface area contributed by atoms with Crippen molar-refractivity contribution in [2.24, 2.45) is 16.4 Å². The highest BCUT2D eigenvalue weighted by atomic mass is 16.3. The highest BCUT2D eigenvalue weighted by Gasteiger charge is 2.31. The predicted octanol–water partition coefficient (Wildman–Crippen LogP) is 2.87. The largest absolute Gasteiger partial charge is 0.396 e. The summed E-state index contributed by atoms with van der Waals surface area (Å²) >= 11 is 0. The summed E-state index contributed by atoms with van der Waals surface area (Å²) in [5.74, 6) is 0.361. The normalized spacial score (nSPS) is 27.8. The lowest BCUT2D eigenvalue weighted by Crippen LogP contribution is -2.31. The molecule has 0 spiro atoms. The van der Waals surface area contributed by atoms with Gasteiger partial charge in [-0.3, -0.25) is 0 Å². The van der Waals surface area contributed by atoms with Crippen LogP contribution in [0.5, 0.6) is 0 Å². The summed E-state index contributed by atoms with van der Waals surface area (Å²) in [5.41, 5.74) is 8.71. The van der Waals surface area contributed by atoms with Gasteiger partial charge in [-0.2, -0.15) is 0 Å². The van der Waals surface area contributed by atoms with Gasteiger partial charge in [-0.1, -0.05) is 25.4 Å². The van der Waals surface area contributed by atoms with Crippen molar-refractivity contribution in [2.75, 3.05) is 6.61 Å². The molecule has 0 bridgehead atoms. The quantitative estimate of drug-likeness (QED) is 0.422. The molecule has 4 nitrogen and oxygen atoms in total. The molecule has 1 N–H and O–H groups in total. The van der Waals surface area contributed by atoms with Crippen LogP contribution in [0.15, 0.2) is 5.11 Å². The number of azide groups is 1. The predicted molar refractivity (Wildman–Crippen MR) is 55.8 cm³/mol. The van der Waals surface area contributed by atoms with Crippen molar-refractivity contribution < 1.29 is 5.11 Å². The first kappa shape index (κ1) is 11.3. The molecule has 2 atom stereocenters. The van der Waals surface area contributed by atoms with Gasteiger partial charge in [0.1, 0.15) is 0 Å². The Hall–Kier alpha value is -0.730. The lowest BCUT2D eigenvalue weighted by atomic mass is 9.70. The monoisotopic (exact) mass is 197 g/mol. The maximum atomic E-state index is 9.11. The van der Waals surface area contributed by atoms with Gasteiger partial charge >= 0.3 is 0 Å². The molecule has 0 aromatic carbocycles. The molecular weight excluding hydrogens is 178 g/mol. The fourth-order valence-electron chi connectivity index (χ4n) is 2.43. The van der Waals surface area contributed by atoms with Gasteiger partial charge in [0, 0.05) is 4.91 Å². The summed E-state index contributed by atoms with van der Waals surface area (Å²) in [5, 5.41) is 12.8. The molecule has 1 aliphatic carbocycles. The molecule has 1 aliphatic rings. The molecule has 1 saturated carbocycles. The topological polar surface area (TPSA) is 69.0 Å². The molecule has 2 unspecified atom stereocenters. The van der Waals surface area contributed by atoms with Crippen LogP contribution in [0.2, 0.25) is 0 Å². The van der Waals surface area contributed by atoms with Crippen LogP contribution in [-0.2, 0) is 0 Å². The number of aliphatic hydroxyl groups excluding tert-OH is 1. The average molecular weight is 197 g/mol. The molecule has 80 valence electrons. The van der Waals surface area contributed by atoms with Gasteiger partial charge in [-0.25, -0.2) is 0 Å². The Kier molecular flexibility index (Phi) is 3.78. The van der Waals surface area contributed by atoms with Gasteiger partial charge in [0.15, 0.2) is 0 Å². The van der Waals surface area contributed by atoms with Gasteiger partial charge in [0.05, 0.1) is 12.6 Å². The van der Waals surface area contributed by atoms with E-state index in [1.54, 1.807) is 0 Å². The summed E-state index contributed by atoms with van der Waals surface area (Å²) in [6.07, 6.45) is 4.54. The van der Waals surface area contributed by atoms with Crippen LogP contribution in [0.4, 0.5) is 0 Å². The number of hydrogen-bond acceptors (Lipinski definition) is 2. The lowest BCUT2D eigenvalue weighted by Gasteiger charge is -2.37. The van der Waals surface area contributed by atoms with E-state index in [0.717, 1.165) is 12.8 Å². The third-order valence-electron chi connectivity index (χ3n) is 3.17. The molecule has 1 rings (SSSR count). The Morgan fingerprint density at radius 2 is 2.36 bits per heavy atom. The first-order chi connectivity index (χ1) is 6.59. The Morgan fingerprint density at radius 3 is 2.86 bits per heavy atom. The minimum absolute atomic E-state index is 0.0230. The zero-order valence-corrected chi connectivity index (χ0v) is 8.98. The van der Waals surface area contributed by atoms with Gasteiger partial charge < -0.3 is 5.11 Å². The lowest BCUT2D eigenvalue weighted by molar-refractivity contribution is 0.130. The van der Waals surface area contributed by atoms with Crippen molar-refractivity contribution in [1.29, 1.82) is 0 Å². The Morgan fingerprint density at radius 1 is 1.64 bits per heavy atom. The average Bonchev–Trinajstić information content (AvgIpc) is 2.12. The van der Waals surface area contributed by atoms with Crippen LogP contribution in [0, 0.1) is 11.3 Å². The Bertz CT molecular complexity index is 234. The minimum Gasteiger partial charge on any atom is -0.396 e. The van der Waals surface area contributed by atoms with Crippen molar-refractivity contribution in [1.82, 2.24) is 0 Å². The smallest absolute Gasteiger partial charge is 0.0633 e. The second-order valence-corrected chi connectivity index (χ2v) is 4.98. The molecule has 0 amide bonds. The number of rotatable bonds is 3. The first-order valence-corrected chi connectivity index (χ1v) is 5.24. The maximum Gasteiger partial charge on any atom is 0.0633 e. The van der Waals surface area contributed by atoms with Crippen LogP contribution in [-0.4, -0.2) is 17.8 Å². The SMILES string of the molecule is CC1(C)CCCC(C(CO)N=[N+]=[N-])C1. The molecular formula is C10H19N3O. The van der Waals surface area contributed by atoms with Gasteiger partial charge in [0.25, 0.3) is 0 Å². The van der Waals surface area contributed by atoms with E-state index in [1.807, 2.05) is 0 Å². The van der Waals surface area contributed by atoms with E-state index in [4.69, 9.17) is 10.6 Å². The third-order valence-corrected chi connectivity index (χ3v) is 3.17. The molecule has 0 aromatic rings. The van der Waals surface area contributed by atoms with Crippen LogP contribution >= 0.6 is 0 Å². The van der Waals surface area contributed by atoms with Crippen molar-refractivity contribution in [3.8, 4) is 0 Å². The van der Waals surface area contributed by atoms with E-state index in [9.17, 15) is 0 Å². The van der Waals surface area contributed by atoms with Gasteiger partial charge in [-0.15, -0.1) is 0 Å². The Labute approximate surface area is 84.9 Å². The summed E-state index contributed by atoms with van der Waals surface area (Å²) in [6, 6.07) is -0.223. The van der Waals surface area contributed by atoms with Crippen molar-refractivity contribution in [3.05, 3.63) is 10.4 Å². The van der Waals surface area contributed by atoms with Crippen LogP contribution in [0.25, 0.3) is 10.4 Å². The Balaban J connectivity index is 2.62. The van der Waals surface area contributed by atoms with E-state index in [-0.39, 0.29) is 12.6 Å². The van der Waals surface area contributed by atoms with Crippen LogP contribution in [0.3, 0.4) is 0 Å². The van der Waals surface area contributed by atoms with E-state index in [2.05, 4.69) is 23.9 Å². The fraction of sp³-hybridized carbons (Fsp3) is 1.00. The molecule has 0 aromatic heterocycles. The number of nitrogens with zero attached hydrogens (tertiary/aromatic N) is 3. The molecule has 0 heterocycles. The fourth-order valence-corrected chi connectivity index (χ4v) is 2.43. The minimum atomic E-state index is -0.223. The number of aliphatic hydroxyl groups is 1. The van der Waals surface area contributed by atoms with E-state index in [0.29, 0.717) is 11.3 Å². The zero-order valence-electron chi connectivity index (χ0n) is 8.98. The van der Waals surface area contributed by atoms with Crippen LogP contribution < -0.4 is 0 Å². The molecule has 0 aliphatic heterocycles. The van der Waals surface area contributed by atoms with Crippen LogP contribution in [0.1, 0.15) is 39.5 Å². The van der Waals surface area contributed by atoms with Gasteiger partial charge in [0.2, 0.25) is 0 Å². The summed E-state index contributed by atoms with van der Waals surface area (Å²) in [6.45, 7) is 4.46. The molecule has 14 heavy (non-hydrogen) atoms. The summed E-state index contributed by atoms with van der Waals surface area (Å²) in [4.78, 5) is 2.79. The molecule has 0 saturated heterocycles. The molecule has 0 radical (unpaired) electrons. The first-order valence-electron chi connectivity index (χ1n) is 5.24. The molecule has 4 heteroatoms. The van der Waals surface area contributed by atoms with E-state index in [1.165, 1.54) is 12.8 Å². The standard InChI is InChI=1S/C10H19N3O/c1-10(2)5-3-4-8(6-10)9(7-14)12-13-11/h8-9,14H,3-7H2,1-2H3.